The average molecular weight is 414 g/mol. The molecule has 0 N–H and O–H groups in total. The number of nitrogens with zero attached hydrogens (tertiary/aromatic N) is 2. The van der Waals surface area contributed by atoms with Gasteiger partial charge in [0.2, 0.25) is 0 Å². The number of nitro benzene ring substituents is 1. The molecule has 7 heteroatoms. The number of esters is 1. The molecule has 0 saturated heterocycles. The van der Waals surface area contributed by atoms with Crippen LogP contribution < -0.4 is 4.74 Å². The van der Waals surface area contributed by atoms with Crippen LogP contribution in [0, 0.1) is 10.1 Å². The summed E-state index contributed by atoms with van der Waals surface area (Å²) in [5.41, 5.74) is 2.66. The van der Waals surface area contributed by atoms with Gasteiger partial charge in [-0.15, -0.1) is 0 Å². The number of benzene rings is 3. The molecule has 0 saturated carbocycles. The molecule has 0 radical (unpaired) electrons. The molecule has 1 aromatic heterocycles. The first-order valence-corrected chi connectivity index (χ1v) is 9.50. The zero-order chi connectivity index (χ0) is 21.8. The molecule has 0 bridgehead atoms. The van der Waals surface area contributed by atoms with Crippen LogP contribution in [-0.4, -0.2) is 23.0 Å². The number of para-hydroxylation sites is 2. The van der Waals surface area contributed by atoms with Crippen molar-refractivity contribution in [3.63, 3.8) is 0 Å². The molecule has 0 amide bonds. The number of carbonyl (C=O) groups is 1. The molecule has 0 atom stereocenters. The Labute approximate surface area is 178 Å². The monoisotopic (exact) mass is 414 g/mol. The van der Waals surface area contributed by atoms with Crippen molar-refractivity contribution in [1.29, 1.82) is 0 Å². The lowest BCUT2D eigenvalue weighted by molar-refractivity contribution is -0.385. The number of ether oxygens (including phenoxy) is 2. The molecular formula is C24H18N2O5. The number of methoxy groups -OCH3 is 1. The predicted molar refractivity (Wildman–Crippen MR) is 116 cm³/mol. The van der Waals surface area contributed by atoms with E-state index in [0.29, 0.717) is 33.5 Å². The van der Waals surface area contributed by atoms with Gasteiger partial charge in [-0.2, -0.15) is 0 Å². The summed E-state index contributed by atoms with van der Waals surface area (Å²) in [5.74, 6) is 0.139. The highest BCUT2D eigenvalue weighted by molar-refractivity contribution is 6.04. The molecule has 3 aromatic carbocycles. The molecule has 0 spiro atoms. The summed E-state index contributed by atoms with van der Waals surface area (Å²) in [6, 6.07) is 22.5. The first-order valence-electron chi connectivity index (χ1n) is 9.50. The fourth-order valence-electron chi connectivity index (χ4n) is 3.29. The Morgan fingerprint density at radius 3 is 2.45 bits per heavy atom. The predicted octanol–water partition coefficient (Wildman–Crippen LogP) is 5.18. The van der Waals surface area contributed by atoms with Crippen molar-refractivity contribution in [3.05, 3.63) is 100 Å². The van der Waals surface area contributed by atoms with Gasteiger partial charge < -0.3 is 9.47 Å². The quantitative estimate of drug-likeness (QED) is 0.245. The molecule has 4 aromatic rings. The molecule has 0 unspecified atom stereocenters. The zero-order valence-corrected chi connectivity index (χ0v) is 16.6. The minimum absolute atomic E-state index is 0.0891. The molecule has 154 valence electrons. The Morgan fingerprint density at radius 1 is 1.00 bits per heavy atom. The second-order valence-corrected chi connectivity index (χ2v) is 6.76. The summed E-state index contributed by atoms with van der Waals surface area (Å²) in [5, 5.41) is 11.9. The smallest absolute Gasteiger partial charge is 0.339 e. The highest BCUT2D eigenvalue weighted by atomic mass is 16.6. The third-order valence-corrected chi connectivity index (χ3v) is 4.87. The number of hydrogen-bond acceptors (Lipinski definition) is 6. The molecular weight excluding hydrogens is 396 g/mol. The van der Waals surface area contributed by atoms with E-state index in [2.05, 4.69) is 4.98 Å². The van der Waals surface area contributed by atoms with Crippen LogP contribution in [0.5, 0.6) is 5.75 Å². The standard InChI is InChI=1S/C24H18N2O5/c1-30-18-12-10-16(11-13-18)22-14-20(19-7-3-4-8-21(19)25-22)24(27)31-15-17-6-2-5-9-23(17)26(28)29/h2-14H,15H2,1H3. The molecule has 1 heterocycles. The molecule has 0 fully saturated rings. The van der Waals surface area contributed by atoms with Crippen molar-refractivity contribution in [3.8, 4) is 17.0 Å². The van der Waals surface area contributed by atoms with Gasteiger partial charge in [0.05, 0.1) is 34.4 Å². The summed E-state index contributed by atoms with van der Waals surface area (Å²) in [4.78, 5) is 28.3. The Kier molecular flexibility index (Phi) is 5.57. The van der Waals surface area contributed by atoms with E-state index in [-0.39, 0.29) is 12.3 Å². The minimum Gasteiger partial charge on any atom is -0.497 e. The molecule has 31 heavy (non-hydrogen) atoms. The average Bonchev–Trinajstić information content (AvgIpc) is 2.82. The fraction of sp³-hybridized carbons (Fsp3) is 0.0833. The second-order valence-electron chi connectivity index (χ2n) is 6.76. The molecule has 7 nitrogen and oxygen atoms in total. The van der Waals surface area contributed by atoms with Crippen LogP contribution in [0.25, 0.3) is 22.2 Å². The van der Waals surface area contributed by atoms with Crippen molar-refractivity contribution in [2.24, 2.45) is 0 Å². The van der Waals surface area contributed by atoms with Crippen molar-refractivity contribution in [2.75, 3.05) is 7.11 Å². The SMILES string of the molecule is COc1ccc(-c2cc(C(=O)OCc3ccccc3[N+](=O)[O-])c3ccccc3n2)cc1. The first kappa shape index (κ1) is 20.0. The highest BCUT2D eigenvalue weighted by Gasteiger charge is 2.18. The third kappa shape index (κ3) is 4.20. The van der Waals surface area contributed by atoms with Crippen LogP contribution >= 0.6 is 0 Å². The zero-order valence-electron chi connectivity index (χ0n) is 16.6. The Bertz CT molecular complexity index is 1270. The van der Waals surface area contributed by atoms with Crippen molar-refractivity contribution in [1.82, 2.24) is 4.98 Å². The lowest BCUT2D eigenvalue weighted by Crippen LogP contribution is -2.08. The third-order valence-electron chi connectivity index (χ3n) is 4.87. The van der Waals surface area contributed by atoms with E-state index >= 15 is 0 Å². The van der Waals surface area contributed by atoms with E-state index in [9.17, 15) is 14.9 Å². The maximum atomic E-state index is 13.0. The number of hydrogen-bond donors (Lipinski definition) is 0. The van der Waals surface area contributed by atoms with Gasteiger partial charge in [-0.1, -0.05) is 30.3 Å². The summed E-state index contributed by atoms with van der Waals surface area (Å²) >= 11 is 0. The molecule has 0 aliphatic heterocycles. The Balaban J connectivity index is 1.69. The van der Waals surface area contributed by atoms with Crippen molar-refractivity contribution in [2.45, 2.75) is 6.61 Å². The molecule has 4 rings (SSSR count). The summed E-state index contributed by atoms with van der Waals surface area (Å²) in [7, 11) is 1.59. The van der Waals surface area contributed by atoms with Gasteiger partial charge >= 0.3 is 5.97 Å². The van der Waals surface area contributed by atoms with Gasteiger partial charge in [0, 0.05) is 17.0 Å². The van der Waals surface area contributed by atoms with Gasteiger partial charge in [-0.25, -0.2) is 9.78 Å². The Hall–Kier alpha value is -4.26. The number of pyridine rings is 1. The lowest BCUT2D eigenvalue weighted by atomic mass is 10.0. The number of carbonyl (C=O) groups excluding carboxylic acids is 1. The molecule has 0 aliphatic rings. The second kappa shape index (κ2) is 8.62. The summed E-state index contributed by atoms with van der Waals surface area (Å²) < 4.78 is 10.6. The van der Waals surface area contributed by atoms with E-state index in [1.54, 1.807) is 37.4 Å². The van der Waals surface area contributed by atoms with Gasteiger partial charge in [0.1, 0.15) is 12.4 Å². The lowest BCUT2D eigenvalue weighted by Gasteiger charge is -2.11. The fourth-order valence-corrected chi connectivity index (χ4v) is 3.29. The number of rotatable bonds is 6. The van der Waals surface area contributed by atoms with E-state index in [1.807, 2.05) is 42.5 Å². The van der Waals surface area contributed by atoms with Crippen LogP contribution in [0.15, 0.2) is 78.9 Å². The van der Waals surface area contributed by atoms with E-state index < -0.39 is 10.9 Å². The van der Waals surface area contributed by atoms with Crippen LogP contribution in [-0.2, 0) is 11.3 Å². The normalized spacial score (nSPS) is 10.6. The van der Waals surface area contributed by atoms with Crippen LogP contribution in [0.2, 0.25) is 0 Å². The van der Waals surface area contributed by atoms with Crippen LogP contribution in [0.4, 0.5) is 5.69 Å². The van der Waals surface area contributed by atoms with E-state index in [4.69, 9.17) is 9.47 Å². The number of aromatic nitrogens is 1. The molecule has 0 aliphatic carbocycles. The van der Waals surface area contributed by atoms with Crippen molar-refractivity contribution >= 4 is 22.6 Å². The van der Waals surface area contributed by atoms with Gasteiger partial charge in [-0.3, -0.25) is 10.1 Å². The van der Waals surface area contributed by atoms with Crippen molar-refractivity contribution < 1.29 is 19.2 Å². The summed E-state index contributed by atoms with van der Waals surface area (Å²) in [6.45, 7) is -0.204. The topological polar surface area (TPSA) is 91.6 Å². The number of nitro groups is 1. The maximum absolute atomic E-state index is 13.0. The van der Waals surface area contributed by atoms with Gasteiger partial charge in [0.15, 0.2) is 0 Å². The first-order chi connectivity index (χ1) is 15.1. The Morgan fingerprint density at radius 2 is 1.71 bits per heavy atom. The van der Waals surface area contributed by atoms with Gasteiger partial charge in [-0.05, 0) is 42.5 Å². The van der Waals surface area contributed by atoms with Crippen LogP contribution in [0.1, 0.15) is 15.9 Å². The minimum atomic E-state index is -0.577. The summed E-state index contributed by atoms with van der Waals surface area (Å²) in [6.07, 6.45) is 0. The van der Waals surface area contributed by atoms with E-state index in [1.165, 1.54) is 6.07 Å². The van der Waals surface area contributed by atoms with Crippen LogP contribution in [0.3, 0.4) is 0 Å². The van der Waals surface area contributed by atoms with Gasteiger partial charge in [0.25, 0.3) is 5.69 Å². The highest BCUT2D eigenvalue weighted by Crippen LogP contribution is 2.27. The number of fused-ring (bicyclic) bond motifs is 1. The largest absolute Gasteiger partial charge is 0.497 e. The van der Waals surface area contributed by atoms with E-state index in [0.717, 1.165) is 5.56 Å². The maximum Gasteiger partial charge on any atom is 0.339 e.